The van der Waals surface area contributed by atoms with Crippen molar-refractivity contribution in [2.75, 3.05) is 26.4 Å². The van der Waals surface area contributed by atoms with E-state index in [1.807, 2.05) is 55.5 Å². The Bertz CT molecular complexity index is 1510. The van der Waals surface area contributed by atoms with Crippen LogP contribution in [-0.2, 0) is 23.9 Å². The molecule has 3 aromatic rings. The predicted molar refractivity (Wildman–Crippen MR) is 178 cm³/mol. The van der Waals surface area contributed by atoms with Gasteiger partial charge in [-0.3, -0.25) is 4.99 Å². The molecule has 0 saturated carbocycles. The summed E-state index contributed by atoms with van der Waals surface area (Å²) in [6.45, 7) is 10.3. The van der Waals surface area contributed by atoms with Gasteiger partial charge in [0.05, 0.1) is 32.1 Å². The molecule has 0 atom stereocenters. The van der Waals surface area contributed by atoms with E-state index >= 15 is 0 Å². The summed E-state index contributed by atoms with van der Waals surface area (Å²) in [6.07, 6.45) is 10.0. The minimum absolute atomic E-state index is 0.334. The SMILES string of the molecule is C=CC(=O)OCCCCOc1ccc(C=Nc2ccc(OC(=O)/C=C/c3ccc(OCCCCOC(=O)C=C)cc3)cc2C)cc1. The lowest BCUT2D eigenvalue weighted by molar-refractivity contribution is -0.138. The maximum atomic E-state index is 12.4. The number of hydrogen-bond donors (Lipinski definition) is 0. The van der Waals surface area contributed by atoms with Gasteiger partial charge in [0.1, 0.15) is 17.2 Å². The third kappa shape index (κ3) is 13.5. The average molecular weight is 626 g/mol. The monoisotopic (exact) mass is 625 g/mol. The first-order valence-corrected chi connectivity index (χ1v) is 14.9. The van der Waals surface area contributed by atoms with Gasteiger partial charge in [-0.1, -0.05) is 25.3 Å². The zero-order valence-electron chi connectivity index (χ0n) is 26.0. The highest BCUT2D eigenvalue weighted by Gasteiger charge is 2.05. The molecule has 240 valence electrons. The minimum atomic E-state index is -0.494. The molecular formula is C37H39NO8. The van der Waals surface area contributed by atoms with E-state index in [-0.39, 0.29) is 0 Å². The highest BCUT2D eigenvalue weighted by molar-refractivity contribution is 5.89. The summed E-state index contributed by atoms with van der Waals surface area (Å²) in [7, 11) is 0. The van der Waals surface area contributed by atoms with Crippen molar-refractivity contribution in [1.29, 1.82) is 0 Å². The molecule has 0 bridgehead atoms. The lowest BCUT2D eigenvalue weighted by Crippen LogP contribution is -2.04. The topological polar surface area (TPSA) is 110 Å². The van der Waals surface area contributed by atoms with Gasteiger partial charge in [-0.2, -0.15) is 0 Å². The van der Waals surface area contributed by atoms with Crippen LogP contribution in [0, 0.1) is 6.92 Å². The van der Waals surface area contributed by atoms with Gasteiger partial charge in [-0.05, 0) is 110 Å². The molecule has 0 unspecified atom stereocenters. The molecule has 3 aromatic carbocycles. The molecule has 0 aliphatic rings. The number of rotatable bonds is 19. The maximum absolute atomic E-state index is 12.4. The van der Waals surface area contributed by atoms with E-state index < -0.39 is 17.9 Å². The minimum Gasteiger partial charge on any atom is -0.494 e. The van der Waals surface area contributed by atoms with Gasteiger partial charge < -0.3 is 23.7 Å². The molecule has 0 N–H and O–H groups in total. The van der Waals surface area contributed by atoms with Gasteiger partial charge in [0.25, 0.3) is 0 Å². The van der Waals surface area contributed by atoms with Crippen LogP contribution in [-0.4, -0.2) is 50.6 Å². The second-order valence-corrected chi connectivity index (χ2v) is 9.95. The first-order chi connectivity index (χ1) is 22.4. The Morgan fingerprint density at radius 1 is 0.652 bits per heavy atom. The second-order valence-electron chi connectivity index (χ2n) is 9.95. The van der Waals surface area contributed by atoms with E-state index in [0.717, 1.165) is 53.1 Å². The Hall–Kier alpha value is -5.44. The summed E-state index contributed by atoms with van der Waals surface area (Å²) < 4.78 is 26.8. The molecule has 0 fully saturated rings. The zero-order chi connectivity index (χ0) is 33.0. The number of nitrogens with zero attached hydrogens (tertiary/aromatic N) is 1. The van der Waals surface area contributed by atoms with Crippen molar-refractivity contribution in [2.45, 2.75) is 32.6 Å². The molecule has 0 aliphatic carbocycles. The second kappa shape index (κ2) is 19.8. The van der Waals surface area contributed by atoms with Crippen molar-refractivity contribution in [3.63, 3.8) is 0 Å². The van der Waals surface area contributed by atoms with E-state index in [0.29, 0.717) is 50.8 Å². The van der Waals surface area contributed by atoms with E-state index in [9.17, 15) is 14.4 Å². The number of benzene rings is 3. The molecule has 0 spiro atoms. The zero-order valence-corrected chi connectivity index (χ0v) is 26.0. The maximum Gasteiger partial charge on any atom is 0.336 e. The Morgan fingerprint density at radius 3 is 1.67 bits per heavy atom. The normalized spacial score (nSPS) is 10.8. The molecule has 0 amide bonds. The van der Waals surface area contributed by atoms with Crippen LogP contribution in [0.5, 0.6) is 17.2 Å². The van der Waals surface area contributed by atoms with Crippen LogP contribution < -0.4 is 14.2 Å². The van der Waals surface area contributed by atoms with Crippen molar-refractivity contribution >= 4 is 35.9 Å². The summed E-state index contributed by atoms with van der Waals surface area (Å²) >= 11 is 0. The number of hydrogen-bond acceptors (Lipinski definition) is 9. The fourth-order valence-electron chi connectivity index (χ4n) is 3.87. The molecule has 9 nitrogen and oxygen atoms in total. The number of carbonyl (C=O) groups is 3. The predicted octanol–water partition coefficient (Wildman–Crippen LogP) is 7.14. The Morgan fingerprint density at radius 2 is 1.15 bits per heavy atom. The lowest BCUT2D eigenvalue weighted by atomic mass is 10.2. The summed E-state index contributed by atoms with van der Waals surface area (Å²) in [6, 6.07) is 20.2. The Balaban J connectivity index is 1.39. The molecular weight excluding hydrogens is 586 g/mol. The van der Waals surface area contributed by atoms with Crippen LogP contribution in [0.2, 0.25) is 0 Å². The first-order valence-electron chi connectivity index (χ1n) is 14.9. The van der Waals surface area contributed by atoms with Crippen molar-refractivity contribution in [3.05, 3.63) is 115 Å². The summed E-state index contributed by atoms with van der Waals surface area (Å²) in [5.41, 5.74) is 3.35. The highest BCUT2D eigenvalue weighted by atomic mass is 16.5. The van der Waals surface area contributed by atoms with E-state index in [1.165, 1.54) is 6.08 Å². The Kier molecular flexibility index (Phi) is 15.1. The summed E-state index contributed by atoms with van der Waals surface area (Å²) in [4.78, 5) is 39.0. The summed E-state index contributed by atoms with van der Waals surface area (Å²) in [5.74, 6) is 0.545. The van der Waals surface area contributed by atoms with Crippen LogP contribution in [0.3, 0.4) is 0 Å². The number of aryl methyl sites for hydroxylation is 1. The molecule has 3 rings (SSSR count). The number of esters is 3. The largest absolute Gasteiger partial charge is 0.494 e. The molecule has 0 aliphatic heterocycles. The van der Waals surface area contributed by atoms with E-state index in [1.54, 1.807) is 30.5 Å². The van der Waals surface area contributed by atoms with Gasteiger partial charge >= 0.3 is 17.9 Å². The van der Waals surface area contributed by atoms with Crippen LogP contribution in [0.15, 0.2) is 103 Å². The third-order valence-corrected chi connectivity index (χ3v) is 6.35. The first kappa shape index (κ1) is 35.0. The van der Waals surface area contributed by atoms with Crippen LogP contribution in [0.25, 0.3) is 6.08 Å². The lowest BCUT2D eigenvalue weighted by Gasteiger charge is -2.07. The van der Waals surface area contributed by atoms with Crippen molar-refractivity contribution in [1.82, 2.24) is 0 Å². The molecule has 0 aromatic heterocycles. The van der Waals surface area contributed by atoms with Crippen molar-refractivity contribution in [3.8, 4) is 17.2 Å². The molecule has 0 heterocycles. The number of aliphatic imine (C=N–C) groups is 1. The Labute approximate surface area is 269 Å². The number of carbonyl (C=O) groups excluding carboxylic acids is 3. The van der Waals surface area contributed by atoms with Crippen molar-refractivity contribution in [2.24, 2.45) is 4.99 Å². The van der Waals surface area contributed by atoms with Crippen LogP contribution >= 0.6 is 0 Å². The number of ether oxygens (including phenoxy) is 5. The third-order valence-electron chi connectivity index (χ3n) is 6.35. The average Bonchev–Trinajstić information content (AvgIpc) is 3.07. The van der Waals surface area contributed by atoms with Crippen LogP contribution in [0.1, 0.15) is 42.4 Å². The molecule has 46 heavy (non-hydrogen) atoms. The molecule has 9 heteroatoms. The summed E-state index contributed by atoms with van der Waals surface area (Å²) in [5, 5.41) is 0. The molecule has 0 radical (unpaired) electrons. The van der Waals surface area contributed by atoms with Crippen LogP contribution in [0.4, 0.5) is 5.69 Å². The van der Waals surface area contributed by atoms with Gasteiger partial charge in [-0.25, -0.2) is 14.4 Å². The fraction of sp³-hybridized carbons (Fsp3) is 0.243. The fourth-order valence-corrected chi connectivity index (χ4v) is 3.87. The standard InChI is InChI=1S/C37H39NO8/c1-4-35(39)44-24-8-6-22-42-31-15-10-29(11-16-31)14-21-37(41)46-33-19-20-34(28(3)26-33)38-27-30-12-17-32(18-13-30)43-23-7-9-25-45-36(40)5-2/h4-5,10-21,26-27H,1-2,6-9,22-25H2,3H3/b21-14+,38-27?. The van der Waals surface area contributed by atoms with Gasteiger partial charge in [-0.15, -0.1) is 0 Å². The van der Waals surface area contributed by atoms with Gasteiger partial charge in [0.2, 0.25) is 0 Å². The van der Waals surface area contributed by atoms with Crippen molar-refractivity contribution < 1.29 is 38.1 Å². The van der Waals surface area contributed by atoms with E-state index in [2.05, 4.69) is 18.2 Å². The number of unbranched alkanes of at least 4 members (excludes halogenated alkanes) is 2. The smallest absolute Gasteiger partial charge is 0.336 e. The molecule has 0 saturated heterocycles. The van der Waals surface area contributed by atoms with E-state index in [4.69, 9.17) is 23.7 Å². The van der Waals surface area contributed by atoms with Gasteiger partial charge in [0, 0.05) is 24.4 Å². The highest BCUT2D eigenvalue weighted by Crippen LogP contribution is 2.24. The quantitative estimate of drug-likeness (QED) is 0.0455. The van der Waals surface area contributed by atoms with Gasteiger partial charge in [0.15, 0.2) is 0 Å².